The Balaban J connectivity index is 1.34. The molecule has 4 rings (SSSR count). The molecule has 34 heavy (non-hydrogen) atoms. The van der Waals surface area contributed by atoms with Gasteiger partial charge in [0.1, 0.15) is 10.7 Å². The van der Waals surface area contributed by atoms with Gasteiger partial charge in [-0.2, -0.15) is 4.31 Å². The Labute approximate surface area is 199 Å². The van der Waals surface area contributed by atoms with Gasteiger partial charge in [-0.1, -0.05) is 24.3 Å². The zero-order chi connectivity index (χ0) is 24.3. The lowest BCUT2D eigenvalue weighted by molar-refractivity contribution is -0.138. The van der Waals surface area contributed by atoms with Gasteiger partial charge in [-0.15, -0.1) is 0 Å². The Morgan fingerprint density at radius 2 is 1.71 bits per heavy atom. The lowest BCUT2D eigenvalue weighted by Gasteiger charge is -2.38. The number of hydrogen-bond acceptors (Lipinski definition) is 4. The highest BCUT2D eigenvalue weighted by atomic mass is 32.2. The molecule has 10 heteroatoms. The molecule has 0 radical (unpaired) electrons. The van der Waals surface area contributed by atoms with Crippen LogP contribution in [0.3, 0.4) is 0 Å². The second kappa shape index (κ2) is 10.1. The maximum atomic E-state index is 14.0. The number of nitrogens with one attached hydrogen (secondary N) is 1. The van der Waals surface area contributed by atoms with Gasteiger partial charge < -0.3 is 15.1 Å². The molecule has 1 atom stereocenters. The number of benzene rings is 2. The monoisotopic (exact) mass is 488 g/mol. The number of carbonyl (C=O) groups excluding carboxylic acids is 2. The van der Waals surface area contributed by atoms with Crippen LogP contribution in [0, 0.1) is 18.7 Å². The summed E-state index contributed by atoms with van der Waals surface area (Å²) in [5.74, 6) is -1.19. The number of amides is 3. The summed E-state index contributed by atoms with van der Waals surface area (Å²) in [6.45, 7) is 3.53. The van der Waals surface area contributed by atoms with Gasteiger partial charge in [0.15, 0.2) is 0 Å². The van der Waals surface area contributed by atoms with Crippen LogP contribution in [-0.4, -0.2) is 73.7 Å². The number of carbonyl (C=O) groups is 2. The molecule has 2 aliphatic rings. The summed E-state index contributed by atoms with van der Waals surface area (Å²) in [6.07, 6.45) is 1.40. The number of nitrogens with zero attached hydrogens (tertiary/aromatic N) is 3. The first-order valence-electron chi connectivity index (χ1n) is 11.4. The number of piperidine rings is 1. The average molecular weight is 489 g/mol. The van der Waals surface area contributed by atoms with E-state index in [4.69, 9.17) is 0 Å². The maximum absolute atomic E-state index is 14.0. The van der Waals surface area contributed by atoms with Gasteiger partial charge >= 0.3 is 6.03 Å². The normalized spacial score (nSPS) is 19.6. The number of urea groups is 1. The SMILES string of the molecule is Cc1cccc(NC(=O)N2CCCC(C(=O)N3CCN(S(=O)(=O)c4ccccc4F)CC3)C2)c1. The quantitative estimate of drug-likeness (QED) is 0.717. The summed E-state index contributed by atoms with van der Waals surface area (Å²) < 4.78 is 40.9. The lowest BCUT2D eigenvalue weighted by Crippen LogP contribution is -2.54. The van der Waals surface area contributed by atoms with Crippen LogP contribution in [0.1, 0.15) is 18.4 Å². The highest BCUT2D eigenvalue weighted by Gasteiger charge is 2.35. The van der Waals surface area contributed by atoms with Gasteiger partial charge in [-0.25, -0.2) is 17.6 Å². The summed E-state index contributed by atoms with van der Waals surface area (Å²) in [6, 6.07) is 12.6. The second-order valence-corrected chi connectivity index (χ2v) is 10.7. The lowest BCUT2D eigenvalue weighted by atomic mass is 9.96. The molecule has 0 saturated carbocycles. The standard InChI is InChI=1S/C24H29FN4O4S/c1-18-6-4-8-20(16-18)26-24(31)28-11-5-7-19(17-28)23(30)27-12-14-29(15-13-27)34(32,33)22-10-3-2-9-21(22)25/h2-4,6,8-10,16,19H,5,7,11-15,17H2,1H3,(H,26,31). The summed E-state index contributed by atoms with van der Waals surface area (Å²) in [5.41, 5.74) is 1.76. The molecule has 0 aliphatic carbocycles. The van der Waals surface area contributed by atoms with Crippen molar-refractivity contribution in [2.75, 3.05) is 44.6 Å². The van der Waals surface area contributed by atoms with Gasteiger partial charge in [0.25, 0.3) is 0 Å². The zero-order valence-electron chi connectivity index (χ0n) is 19.1. The van der Waals surface area contributed by atoms with E-state index < -0.39 is 15.8 Å². The Kier molecular flexibility index (Phi) is 7.18. The number of rotatable bonds is 4. The number of halogens is 1. The number of piperazine rings is 1. The van der Waals surface area contributed by atoms with Gasteiger partial charge in [0.05, 0.1) is 5.92 Å². The van der Waals surface area contributed by atoms with Crippen molar-refractivity contribution in [1.82, 2.24) is 14.1 Å². The highest BCUT2D eigenvalue weighted by Crippen LogP contribution is 2.24. The van der Waals surface area contributed by atoms with Crippen molar-refractivity contribution in [3.05, 3.63) is 59.9 Å². The first-order valence-corrected chi connectivity index (χ1v) is 12.9. The van der Waals surface area contributed by atoms with Crippen molar-refractivity contribution in [3.8, 4) is 0 Å². The third-order valence-corrected chi connectivity index (χ3v) is 8.26. The van der Waals surface area contributed by atoms with Gasteiger partial charge in [0, 0.05) is 45.0 Å². The Morgan fingerprint density at radius 1 is 0.971 bits per heavy atom. The third kappa shape index (κ3) is 5.23. The van der Waals surface area contributed by atoms with E-state index in [1.54, 1.807) is 9.80 Å². The Morgan fingerprint density at radius 3 is 2.41 bits per heavy atom. The number of anilines is 1. The first kappa shape index (κ1) is 24.2. The molecule has 2 aromatic carbocycles. The van der Waals surface area contributed by atoms with Crippen molar-refractivity contribution in [2.45, 2.75) is 24.7 Å². The molecule has 0 spiro atoms. The first-order chi connectivity index (χ1) is 16.3. The molecule has 0 aromatic heterocycles. The van der Waals surface area contributed by atoms with Gasteiger partial charge in [0.2, 0.25) is 15.9 Å². The molecule has 2 aliphatic heterocycles. The van der Waals surface area contributed by atoms with E-state index >= 15 is 0 Å². The van der Waals surface area contributed by atoms with Crippen LogP contribution in [0.2, 0.25) is 0 Å². The molecule has 182 valence electrons. The number of sulfonamides is 1. The van der Waals surface area contributed by atoms with Crippen LogP contribution in [0.15, 0.2) is 53.4 Å². The molecule has 0 bridgehead atoms. The highest BCUT2D eigenvalue weighted by molar-refractivity contribution is 7.89. The second-order valence-electron chi connectivity index (χ2n) is 8.74. The van der Waals surface area contributed by atoms with E-state index in [1.807, 2.05) is 31.2 Å². The van der Waals surface area contributed by atoms with Crippen LogP contribution in [-0.2, 0) is 14.8 Å². The van der Waals surface area contributed by atoms with Crippen molar-refractivity contribution in [3.63, 3.8) is 0 Å². The fraction of sp³-hybridized carbons (Fsp3) is 0.417. The minimum absolute atomic E-state index is 0.0732. The summed E-state index contributed by atoms with van der Waals surface area (Å²) >= 11 is 0. The molecule has 2 fully saturated rings. The summed E-state index contributed by atoms with van der Waals surface area (Å²) in [7, 11) is -3.96. The Hall–Kier alpha value is -2.98. The van der Waals surface area contributed by atoms with Gasteiger partial charge in [-0.05, 0) is 49.6 Å². The van der Waals surface area contributed by atoms with Crippen LogP contribution < -0.4 is 5.32 Å². The van der Waals surface area contributed by atoms with E-state index in [0.717, 1.165) is 18.1 Å². The maximum Gasteiger partial charge on any atom is 0.321 e. The van der Waals surface area contributed by atoms with Crippen molar-refractivity contribution in [2.24, 2.45) is 5.92 Å². The zero-order valence-corrected chi connectivity index (χ0v) is 19.9. The molecule has 1 N–H and O–H groups in total. The molecule has 2 heterocycles. The predicted molar refractivity (Wildman–Crippen MR) is 126 cm³/mol. The fourth-order valence-electron chi connectivity index (χ4n) is 4.49. The van der Waals surface area contributed by atoms with E-state index in [-0.39, 0.29) is 48.9 Å². The number of likely N-dealkylation sites (tertiary alicyclic amines) is 1. The number of hydrogen-bond donors (Lipinski definition) is 1. The molecule has 2 saturated heterocycles. The summed E-state index contributed by atoms with van der Waals surface area (Å²) in [4.78, 5) is 28.8. The number of aryl methyl sites for hydroxylation is 1. The van der Waals surface area contributed by atoms with E-state index in [9.17, 15) is 22.4 Å². The van der Waals surface area contributed by atoms with Crippen molar-refractivity contribution in [1.29, 1.82) is 0 Å². The van der Waals surface area contributed by atoms with Crippen molar-refractivity contribution < 1.29 is 22.4 Å². The van der Waals surface area contributed by atoms with E-state index in [1.165, 1.54) is 22.5 Å². The van der Waals surface area contributed by atoms with Crippen LogP contribution in [0.5, 0.6) is 0 Å². The van der Waals surface area contributed by atoms with Gasteiger partial charge in [-0.3, -0.25) is 4.79 Å². The predicted octanol–water partition coefficient (Wildman–Crippen LogP) is 2.91. The fourth-order valence-corrected chi connectivity index (χ4v) is 5.98. The van der Waals surface area contributed by atoms with E-state index in [0.29, 0.717) is 25.2 Å². The largest absolute Gasteiger partial charge is 0.340 e. The van der Waals surface area contributed by atoms with Crippen LogP contribution in [0.25, 0.3) is 0 Å². The molecular weight excluding hydrogens is 459 g/mol. The third-order valence-electron chi connectivity index (χ3n) is 6.33. The van der Waals surface area contributed by atoms with Crippen LogP contribution in [0.4, 0.5) is 14.9 Å². The van der Waals surface area contributed by atoms with E-state index in [2.05, 4.69) is 5.32 Å². The molecular formula is C24H29FN4O4S. The molecule has 2 aromatic rings. The average Bonchev–Trinajstić information content (AvgIpc) is 2.84. The minimum Gasteiger partial charge on any atom is -0.340 e. The Bertz CT molecular complexity index is 1170. The van der Waals surface area contributed by atoms with Crippen molar-refractivity contribution >= 4 is 27.6 Å². The summed E-state index contributed by atoms with van der Waals surface area (Å²) in [5, 5.41) is 2.89. The molecule has 3 amide bonds. The van der Waals surface area contributed by atoms with Crippen LogP contribution >= 0.6 is 0 Å². The minimum atomic E-state index is -3.96. The molecule has 1 unspecified atom stereocenters. The topological polar surface area (TPSA) is 90.0 Å². The molecule has 8 nitrogen and oxygen atoms in total. The smallest absolute Gasteiger partial charge is 0.321 e.